The van der Waals surface area contributed by atoms with E-state index in [1.54, 1.807) is 11.1 Å². The van der Waals surface area contributed by atoms with Crippen molar-refractivity contribution in [3.63, 3.8) is 0 Å². The molecule has 4 nitrogen and oxygen atoms in total. The SMILES string of the molecule is CC1(C)[C@@H]2C[C@H]1[C@H](CC[C@@H]1c3cc(-c4ccccn4)ncc3[C@H]3C[C@@H]1C3(C)C)c1cc(-c3ccccn3)ncc12. The Bertz CT molecular complexity index is 1470. The summed E-state index contributed by atoms with van der Waals surface area (Å²) in [4.78, 5) is 19.1. The van der Waals surface area contributed by atoms with Crippen LogP contribution in [0.5, 0.6) is 0 Å². The molecule has 2 saturated carbocycles. The topological polar surface area (TPSA) is 51.6 Å². The number of nitrogens with zero attached hydrogens (tertiary/aromatic N) is 4. The van der Waals surface area contributed by atoms with E-state index in [4.69, 9.17) is 9.97 Å². The summed E-state index contributed by atoms with van der Waals surface area (Å²) >= 11 is 0. The van der Waals surface area contributed by atoms with E-state index >= 15 is 0 Å². The van der Waals surface area contributed by atoms with Crippen LogP contribution < -0.4 is 0 Å². The third-order valence-electron chi connectivity index (χ3n) is 11.8. The van der Waals surface area contributed by atoms with Crippen LogP contribution in [0.2, 0.25) is 0 Å². The van der Waals surface area contributed by atoms with E-state index in [-0.39, 0.29) is 0 Å². The molecule has 0 N–H and O–H groups in total. The predicted molar refractivity (Wildman–Crippen MR) is 159 cm³/mol. The van der Waals surface area contributed by atoms with Gasteiger partial charge >= 0.3 is 0 Å². The summed E-state index contributed by atoms with van der Waals surface area (Å²) in [5.41, 5.74) is 10.7. The average molecular weight is 527 g/mol. The molecule has 4 heterocycles. The average Bonchev–Trinajstić information content (AvgIpc) is 2.99. The highest BCUT2D eigenvalue weighted by atomic mass is 14.8. The number of hydrogen-bond acceptors (Lipinski definition) is 4. The third-order valence-corrected chi connectivity index (χ3v) is 11.8. The molecular formula is C36H38N4. The molecule has 0 aliphatic heterocycles. The van der Waals surface area contributed by atoms with Crippen LogP contribution in [0.3, 0.4) is 0 Å². The van der Waals surface area contributed by atoms with Gasteiger partial charge in [-0.05, 0) is 131 Å². The normalized spacial score (nSPS) is 29.9. The molecule has 2 fully saturated rings. The molecule has 6 aliphatic carbocycles. The Morgan fingerprint density at radius 3 is 1.40 bits per heavy atom. The largest absolute Gasteiger partial charge is 0.255 e. The molecule has 0 saturated heterocycles. The summed E-state index contributed by atoms with van der Waals surface area (Å²) in [6, 6.07) is 17.0. The second kappa shape index (κ2) is 8.55. The predicted octanol–water partition coefficient (Wildman–Crippen LogP) is 8.53. The summed E-state index contributed by atoms with van der Waals surface area (Å²) in [5, 5.41) is 0. The summed E-state index contributed by atoms with van der Waals surface area (Å²) in [6.45, 7) is 9.98. The van der Waals surface area contributed by atoms with Gasteiger partial charge in [-0.15, -0.1) is 0 Å². The second-order valence-electron chi connectivity index (χ2n) is 14.0. The molecule has 0 radical (unpaired) electrons. The molecule has 202 valence electrons. The Labute approximate surface area is 237 Å². The van der Waals surface area contributed by atoms with Gasteiger partial charge in [0.1, 0.15) is 0 Å². The first-order chi connectivity index (χ1) is 19.3. The quantitative estimate of drug-likeness (QED) is 0.261. The van der Waals surface area contributed by atoms with E-state index in [9.17, 15) is 0 Å². The minimum Gasteiger partial charge on any atom is -0.255 e. The Morgan fingerprint density at radius 1 is 0.575 bits per heavy atom. The van der Waals surface area contributed by atoms with Gasteiger partial charge < -0.3 is 0 Å². The van der Waals surface area contributed by atoms with Gasteiger partial charge in [0.05, 0.1) is 22.8 Å². The second-order valence-corrected chi connectivity index (χ2v) is 14.0. The van der Waals surface area contributed by atoms with Crippen molar-refractivity contribution in [3.05, 3.63) is 95.6 Å². The van der Waals surface area contributed by atoms with E-state index in [2.05, 4.69) is 86.5 Å². The van der Waals surface area contributed by atoms with Crippen molar-refractivity contribution in [1.82, 2.24) is 19.9 Å². The molecule has 0 aromatic carbocycles. The lowest BCUT2D eigenvalue weighted by atomic mass is 9.42. The first-order valence-corrected chi connectivity index (χ1v) is 15.2. The molecule has 4 heteroatoms. The Morgan fingerprint density at radius 2 is 1.02 bits per heavy atom. The molecular weight excluding hydrogens is 488 g/mol. The first-order valence-electron chi connectivity index (χ1n) is 15.2. The Balaban J connectivity index is 1.16. The molecule has 4 bridgehead atoms. The Kier molecular flexibility index (Phi) is 5.22. The molecule has 6 atom stereocenters. The highest BCUT2D eigenvalue weighted by molar-refractivity contribution is 5.59. The van der Waals surface area contributed by atoms with Crippen LogP contribution in [0, 0.1) is 22.7 Å². The maximum absolute atomic E-state index is 4.92. The van der Waals surface area contributed by atoms with Gasteiger partial charge in [0.2, 0.25) is 0 Å². The van der Waals surface area contributed by atoms with Crippen molar-refractivity contribution >= 4 is 0 Å². The van der Waals surface area contributed by atoms with E-state index in [1.165, 1.54) is 36.8 Å². The molecule has 0 amide bonds. The van der Waals surface area contributed by atoms with Crippen molar-refractivity contribution in [2.45, 2.75) is 77.0 Å². The lowest BCUT2D eigenvalue weighted by Crippen LogP contribution is -2.51. The standard InChI is InChI=1S/C36H38N4/c1-35(2)27-17-29(35)25-19-39-33(31-9-5-7-13-37-31)15-23(25)21(27)11-12-22-24-16-34(32-10-6-8-14-38-32)40-20-26(24)30-18-28(22)36(30,3)4/h5-10,13-16,19-22,27-30H,11-12,17-18H2,1-4H3/t21-,22-,27+,28+,29-,30-/m1/s1. The summed E-state index contributed by atoms with van der Waals surface area (Å²) in [7, 11) is 0. The molecule has 40 heavy (non-hydrogen) atoms. The van der Waals surface area contributed by atoms with Crippen LogP contribution in [0.1, 0.15) is 99.3 Å². The summed E-state index contributed by atoms with van der Waals surface area (Å²) in [5.74, 6) is 3.86. The van der Waals surface area contributed by atoms with Crippen LogP contribution in [-0.2, 0) is 0 Å². The van der Waals surface area contributed by atoms with Gasteiger partial charge in [-0.1, -0.05) is 39.8 Å². The van der Waals surface area contributed by atoms with Gasteiger partial charge in [-0.3, -0.25) is 19.9 Å². The van der Waals surface area contributed by atoms with Gasteiger partial charge in [0.25, 0.3) is 0 Å². The minimum absolute atomic E-state index is 0.341. The number of rotatable bonds is 5. The lowest BCUT2D eigenvalue weighted by Gasteiger charge is -2.62. The smallest absolute Gasteiger partial charge is 0.0889 e. The maximum atomic E-state index is 4.92. The monoisotopic (exact) mass is 526 g/mol. The van der Waals surface area contributed by atoms with E-state index < -0.39 is 0 Å². The third kappa shape index (κ3) is 3.37. The highest BCUT2D eigenvalue weighted by Crippen LogP contribution is 2.70. The number of pyridine rings is 4. The van der Waals surface area contributed by atoms with Crippen molar-refractivity contribution in [3.8, 4) is 22.8 Å². The molecule has 0 spiro atoms. The maximum Gasteiger partial charge on any atom is 0.0889 e. The molecule has 0 unspecified atom stereocenters. The van der Waals surface area contributed by atoms with Gasteiger partial charge in [0, 0.05) is 24.8 Å². The van der Waals surface area contributed by atoms with Crippen LogP contribution >= 0.6 is 0 Å². The molecule has 10 rings (SSSR count). The van der Waals surface area contributed by atoms with Crippen LogP contribution in [-0.4, -0.2) is 19.9 Å². The number of aromatic nitrogens is 4. The Hall–Kier alpha value is -3.40. The van der Waals surface area contributed by atoms with Crippen molar-refractivity contribution < 1.29 is 0 Å². The fourth-order valence-electron chi connectivity index (χ4n) is 9.34. The van der Waals surface area contributed by atoms with E-state index in [1.807, 2.05) is 24.5 Å². The zero-order valence-corrected chi connectivity index (χ0v) is 24.0. The van der Waals surface area contributed by atoms with E-state index in [0.29, 0.717) is 34.5 Å². The summed E-state index contributed by atoms with van der Waals surface area (Å²) in [6.07, 6.45) is 13.2. The van der Waals surface area contributed by atoms with Crippen LogP contribution in [0.25, 0.3) is 22.8 Å². The number of hydrogen-bond donors (Lipinski definition) is 0. The fourth-order valence-corrected chi connectivity index (χ4v) is 9.34. The lowest BCUT2D eigenvalue weighted by molar-refractivity contribution is -0.0230. The van der Waals surface area contributed by atoms with Crippen molar-refractivity contribution in [1.29, 1.82) is 0 Å². The van der Waals surface area contributed by atoms with Gasteiger partial charge in [0.15, 0.2) is 0 Å². The minimum atomic E-state index is 0.341. The van der Waals surface area contributed by atoms with E-state index in [0.717, 1.165) is 34.6 Å². The van der Waals surface area contributed by atoms with Crippen molar-refractivity contribution in [2.24, 2.45) is 22.7 Å². The molecule has 6 aliphatic rings. The molecule has 4 aromatic rings. The van der Waals surface area contributed by atoms with Crippen LogP contribution in [0.15, 0.2) is 73.3 Å². The zero-order valence-electron chi connectivity index (χ0n) is 24.0. The molecule has 4 aromatic heterocycles. The first kappa shape index (κ1) is 24.4. The fraction of sp³-hybridized carbons (Fsp3) is 0.444. The van der Waals surface area contributed by atoms with Gasteiger partial charge in [-0.25, -0.2) is 0 Å². The van der Waals surface area contributed by atoms with Crippen LogP contribution in [0.4, 0.5) is 0 Å². The van der Waals surface area contributed by atoms with Gasteiger partial charge in [-0.2, -0.15) is 0 Å². The van der Waals surface area contributed by atoms with Crippen molar-refractivity contribution in [2.75, 3.05) is 0 Å². The zero-order chi connectivity index (χ0) is 27.2. The summed E-state index contributed by atoms with van der Waals surface area (Å²) < 4.78 is 0. The highest BCUT2D eigenvalue weighted by Gasteiger charge is 2.59.